The van der Waals surface area contributed by atoms with Crippen LogP contribution in [0.5, 0.6) is 0 Å². The molecule has 2 rings (SSSR count). The number of hydrogen-bond acceptors (Lipinski definition) is 3. The fraction of sp³-hybridized carbons (Fsp3) is 0.286. The highest BCUT2D eigenvalue weighted by Gasteiger charge is 2.10. The summed E-state index contributed by atoms with van der Waals surface area (Å²) in [5, 5.41) is 6.78. The Labute approximate surface area is 144 Å². The average Bonchev–Trinajstić information content (AvgIpc) is 2.96. The van der Waals surface area contributed by atoms with E-state index in [1.165, 1.54) is 6.26 Å². The first-order valence-electron chi connectivity index (χ1n) is 6.35. The summed E-state index contributed by atoms with van der Waals surface area (Å²) in [5.74, 6) is -0.390. The van der Waals surface area contributed by atoms with Gasteiger partial charge in [0, 0.05) is 32.3 Å². The van der Waals surface area contributed by atoms with Gasteiger partial charge in [-0.2, -0.15) is 0 Å². The number of guanidine groups is 1. The Kier molecular flexibility index (Phi) is 7.22. The number of benzene rings is 1. The van der Waals surface area contributed by atoms with Crippen molar-refractivity contribution in [1.82, 2.24) is 15.4 Å². The topological polar surface area (TPSA) is 53.7 Å². The lowest BCUT2D eigenvalue weighted by Crippen LogP contribution is -2.38. The molecule has 1 N–H and O–H groups in total. The molecule has 0 saturated carbocycles. The standard InChI is InChI=1S/C14H16F2N4O.HI/c1-17-14(20(2)9-12-5-6-21-19-12)18-8-10-7-11(15)3-4-13(10)16;/h3-7H,8-9H2,1-2H3,(H,17,18);1H. The molecule has 2 aromatic rings. The van der Waals surface area contributed by atoms with Gasteiger partial charge in [0.25, 0.3) is 0 Å². The fourth-order valence-corrected chi connectivity index (χ4v) is 1.87. The molecule has 1 heterocycles. The minimum absolute atomic E-state index is 0. The zero-order valence-corrected chi connectivity index (χ0v) is 14.5. The van der Waals surface area contributed by atoms with Gasteiger partial charge >= 0.3 is 0 Å². The molecular weight excluding hydrogens is 405 g/mol. The highest BCUT2D eigenvalue weighted by molar-refractivity contribution is 14.0. The second kappa shape index (κ2) is 8.66. The number of hydrogen-bond donors (Lipinski definition) is 1. The number of aliphatic imine (C=N–C) groups is 1. The number of nitrogens with one attached hydrogen (secondary N) is 1. The zero-order valence-electron chi connectivity index (χ0n) is 12.2. The van der Waals surface area contributed by atoms with Crippen molar-refractivity contribution < 1.29 is 13.3 Å². The Morgan fingerprint density at radius 1 is 1.36 bits per heavy atom. The Morgan fingerprint density at radius 3 is 2.77 bits per heavy atom. The van der Waals surface area contributed by atoms with Crippen LogP contribution in [-0.4, -0.2) is 30.1 Å². The van der Waals surface area contributed by atoms with Crippen LogP contribution in [0.1, 0.15) is 11.3 Å². The quantitative estimate of drug-likeness (QED) is 0.468. The molecule has 0 amide bonds. The Morgan fingerprint density at radius 2 is 2.14 bits per heavy atom. The van der Waals surface area contributed by atoms with E-state index in [-0.39, 0.29) is 36.1 Å². The van der Waals surface area contributed by atoms with Gasteiger partial charge in [0.05, 0.1) is 6.54 Å². The lowest BCUT2D eigenvalue weighted by molar-refractivity contribution is 0.391. The molecule has 8 heteroatoms. The van der Waals surface area contributed by atoms with Crippen molar-refractivity contribution in [3.8, 4) is 0 Å². The minimum atomic E-state index is -0.473. The van der Waals surface area contributed by atoms with E-state index in [2.05, 4.69) is 15.5 Å². The van der Waals surface area contributed by atoms with Crippen LogP contribution >= 0.6 is 24.0 Å². The molecule has 1 aromatic heterocycles. The summed E-state index contributed by atoms with van der Waals surface area (Å²) < 4.78 is 31.4. The molecule has 0 aliphatic rings. The van der Waals surface area contributed by atoms with E-state index in [0.29, 0.717) is 12.5 Å². The molecule has 0 radical (unpaired) electrons. The van der Waals surface area contributed by atoms with Gasteiger partial charge in [0.2, 0.25) is 0 Å². The highest BCUT2D eigenvalue weighted by atomic mass is 127. The van der Waals surface area contributed by atoms with E-state index >= 15 is 0 Å². The Balaban J connectivity index is 0.00000242. The molecule has 22 heavy (non-hydrogen) atoms. The molecule has 0 fully saturated rings. The Hall–Kier alpha value is -1.71. The largest absolute Gasteiger partial charge is 0.364 e. The van der Waals surface area contributed by atoms with E-state index in [4.69, 9.17) is 4.52 Å². The lowest BCUT2D eigenvalue weighted by Gasteiger charge is -2.21. The SMILES string of the molecule is CN=C(NCc1cc(F)ccc1F)N(C)Cc1ccon1.I. The number of nitrogens with zero attached hydrogens (tertiary/aromatic N) is 3. The molecule has 0 bridgehead atoms. The third kappa shape index (κ3) is 4.93. The summed E-state index contributed by atoms with van der Waals surface area (Å²) in [4.78, 5) is 5.89. The van der Waals surface area contributed by atoms with Gasteiger partial charge in [-0.1, -0.05) is 5.16 Å². The van der Waals surface area contributed by atoms with Gasteiger partial charge in [-0.3, -0.25) is 4.99 Å². The van der Waals surface area contributed by atoms with Gasteiger partial charge in [0.15, 0.2) is 5.96 Å². The van der Waals surface area contributed by atoms with Crippen LogP contribution in [0.2, 0.25) is 0 Å². The highest BCUT2D eigenvalue weighted by Crippen LogP contribution is 2.09. The predicted octanol–water partition coefficient (Wildman–Crippen LogP) is 2.78. The summed E-state index contributed by atoms with van der Waals surface area (Å²) >= 11 is 0. The summed E-state index contributed by atoms with van der Waals surface area (Å²) in [5.41, 5.74) is 0.989. The first kappa shape index (κ1) is 18.3. The van der Waals surface area contributed by atoms with Gasteiger partial charge in [-0.05, 0) is 18.2 Å². The molecule has 0 atom stereocenters. The van der Waals surface area contributed by atoms with E-state index in [1.54, 1.807) is 18.0 Å². The second-order valence-electron chi connectivity index (χ2n) is 4.48. The fourth-order valence-electron chi connectivity index (χ4n) is 1.87. The van der Waals surface area contributed by atoms with E-state index < -0.39 is 11.6 Å². The Bertz CT molecular complexity index is 619. The molecule has 5 nitrogen and oxygen atoms in total. The van der Waals surface area contributed by atoms with Crippen molar-refractivity contribution in [2.24, 2.45) is 4.99 Å². The third-order valence-electron chi connectivity index (χ3n) is 2.91. The molecule has 0 spiro atoms. The third-order valence-corrected chi connectivity index (χ3v) is 2.91. The summed E-state index contributed by atoms with van der Waals surface area (Å²) in [6.07, 6.45) is 1.49. The van der Waals surface area contributed by atoms with Gasteiger partial charge in [-0.15, -0.1) is 24.0 Å². The van der Waals surface area contributed by atoms with E-state index in [1.807, 2.05) is 7.05 Å². The summed E-state index contributed by atoms with van der Waals surface area (Å²) in [7, 11) is 3.43. The number of aromatic nitrogens is 1. The van der Waals surface area contributed by atoms with Crippen molar-refractivity contribution in [3.05, 3.63) is 53.4 Å². The van der Waals surface area contributed by atoms with Crippen molar-refractivity contribution >= 4 is 29.9 Å². The maximum Gasteiger partial charge on any atom is 0.194 e. The normalized spacial score (nSPS) is 11.0. The summed E-state index contributed by atoms with van der Waals surface area (Å²) in [6, 6.07) is 5.10. The van der Waals surface area contributed by atoms with Crippen LogP contribution in [0.15, 0.2) is 40.0 Å². The molecule has 0 unspecified atom stereocenters. The van der Waals surface area contributed by atoms with E-state index in [0.717, 1.165) is 23.9 Å². The van der Waals surface area contributed by atoms with Gasteiger partial charge in [-0.25, -0.2) is 8.78 Å². The van der Waals surface area contributed by atoms with Crippen molar-refractivity contribution in [1.29, 1.82) is 0 Å². The first-order chi connectivity index (χ1) is 10.1. The maximum atomic E-state index is 13.5. The van der Waals surface area contributed by atoms with Gasteiger partial charge < -0.3 is 14.7 Å². The molecule has 1 aromatic carbocycles. The smallest absolute Gasteiger partial charge is 0.194 e. The molecule has 0 saturated heterocycles. The zero-order chi connectivity index (χ0) is 15.2. The van der Waals surface area contributed by atoms with Crippen LogP contribution in [0, 0.1) is 11.6 Å². The maximum absolute atomic E-state index is 13.5. The molecule has 0 aliphatic heterocycles. The molecular formula is C14H17F2IN4O. The van der Waals surface area contributed by atoms with Crippen LogP contribution in [0.4, 0.5) is 8.78 Å². The molecule has 120 valence electrons. The number of rotatable bonds is 4. The molecule has 0 aliphatic carbocycles. The van der Waals surface area contributed by atoms with Crippen LogP contribution < -0.4 is 5.32 Å². The van der Waals surface area contributed by atoms with Crippen molar-refractivity contribution in [2.45, 2.75) is 13.1 Å². The van der Waals surface area contributed by atoms with E-state index in [9.17, 15) is 8.78 Å². The van der Waals surface area contributed by atoms with Crippen molar-refractivity contribution in [2.75, 3.05) is 14.1 Å². The van der Waals surface area contributed by atoms with Crippen LogP contribution in [0.3, 0.4) is 0 Å². The minimum Gasteiger partial charge on any atom is -0.364 e. The first-order valence-corrected chi connectivity index (χ1v) is 6.35. The van der Waals surface area contributed by atoms with Crippen LogP contribution in [-0.2, 0) is 13.1 Å². The van der Waals surface area contributed by atoms with Crippen molar-refractivity contribution in [3.63, 3.8) is 0 Å². The monoisotopic (exact) mass is 422 g/mol. The average molecular weight is 422 g/mol. The van der Waals surface area contributed by atoms with Gasteiger partial charge in [0.1, 0.15) is 23.6 Å². The summed E-state index contributed by atoms with van der Waals surface area (Å²) in [6.45, 7) is 0.626. The number of halogens is 3. The van der Waals surface area contributed by atoms with Crippen LogP contribution in [0.25, 0.3) is 0 Å². The lowest BCUT2D eigenvalue weighted by atomic mass is 10.2. The predicted molar refractivity (Wildman–Crippen MR) is 89.9 cm³/mol. The second-order valence-corrected chi connectivity index (χ2v) is 4.48.